The summed E-state index contributed by atoms with van der Waals surface area (Å²) in [6, 6.07) is 1.43. The third-order valence-corrected chi connectivity index (χ3v) is 2.40. The molecule has 0 N–H and O–H groups in total. The second-order valence-electron chi connectivity index (χ2n) is 3.87. The summed E-state index contributed by atoms with van der Waals surface area (Å²) in [5, 5.41) is 0. The van der Waals surface area contributed by atoms with Gasteiger partial charge in [-0.05, 0) is 24.6 Å². The molecule has 1 aromatic heterocycles. The molecule has 0 saturated carbocycles. The number of nitrogens with zero attached hydrogens (tertiary/aromatic N) is 2. The molecule has 1 aromatic carbocycles. The van der Waals surface area contributed by atoms with Gasteiger partial charge in [-0.25, -0.2) is 18.7 Å². The fourth-order valence-corrected chi connectivity index (χ4v) is 1.52. The van der Waals surface area contributed by atoms with Crippen LogP contribution in [0.3, 0.4) is 0 Å². The van der Waals surface area contributed by atoms with Crippen molar-refractivity contribution in [3.8, 4) is 11.4 Å². The molecular formula is C12H7F5N2. The van der Waals surface area contributed by atoms with Crippen molar-refractivity contribution in [3.05, 3.63) is 47.3 Å². The molecule has 1 heterocycles. The topological polar surface area (TPSA) is 25.8 Å². The van der Waals surface area contributed by atoms with Crippen LogP contribution in [0.5, 0.6) is 0 Å². The van der Waals surface area contributed by atoms with E-state index in [2.05, 4.69) is 9.97 Å². The predicted molar refractivity (Wildman–Crippen MR) is 57.1 cm³/mol. The highest BCUT2D eigenvalue weighted by Gasteiger charge is 2.39. The number of aryl methyl sites for hydroxylation is 1. The summed E-state index contributed by atoms with van der Waals surface area (Å²) in [6.45, 7) is 1.67. The molecule has 0 aliphatic heterocycles. The molecule has 2 aromatic rings. The third-order valence-electron chi connectivity index (χ3n) is 2.40. The quantitative estimate of drug-likeness (QED) is 0.740. The Morgan fingerprint density at radius 2 is 1.58 bits per heavy atom. The zero-order chi connectivity index (χ0) is 14.2. The van der Waals surface area contributed by atoms with Gasteiger partial charge >= 0.3 is 6.18 Å². The second-order valence-corrected chi connectivity index (χ2v) is 3.87. The van der Waals surface area contributed by atoms with E-state index in [9.17, 15) is 22.0 Å². The molecule has 0 fully saturated rings. The lowest BCUT2D eigenvalue weighted by molar-refractivity contribution is -0.142. The molecule has 0 bridgehead atoms. The normalized spacial score (nSPS) is 11.7. The van der Waals surface area contributed by atoms with Crippen LogP contribution in [0.1, 0.15) is 11.1 Å². The molecular weight excluding hydrogens is 267 g/mol. The van der Waals surface area contributed by atoms with Gasteiger partial charge in [-0.3, -0.25) is 0 Å². The van der Waals surface area contributed by atoms with Crippen molar-refractivity contribution in [2.24, 2.45) is 0 Å². The van der Waals surface area contributed by atoms with Gasteiger partial charge in [0.2, 0.25) is 0 Å². The van der Waals surface area contributed by atoms with Crippen LogP contribution < -0.4 is 0 Å². The summed E-state index contributed by atoms with van der Waals surface area (Å²) < 4.78 is 64.5. The Kier molecular flexibility index (Phi) is 3.21. The van der Waals surface area contributed by atoms with E-state index in [-0.39, 0.29) is 5.82 Å². The van der Waals surface area contributed by atoms with Gasteiger partial charge in [-0.15, -0.1) is 0 Å². The van der Waals surface area contributed by atoms with Crippen molar-refractivity contribution in [1.82, 2.24) is 9.97 Å². The van der Waals surface area contributed by atoms with E-state index in [0.717, 1.165) is 6.07 Å². The maximum absolute atomic E-state index is 13.8. The van der Waals surface area contributed by atoms with Gasteiger partial charge in [-0.1, -0.05) is 0 Å². The van der Waals surface area contributed by atoms with Crippen molar-refractivity contribution in [3.63, 3.8) is 0 Å². The molecule has 2 rings (SSSR count). The van der Waals surface area contributed by atoms with E-state index in [4.69, 9.17) is 0 Å². The molecule has 2 nitrogen and oxygen atoms in total. The molecule has 0 radical (unpaired) electrons. The monoisotopic (exact) mass is 274 g/mol. The van der Waals surface area contributed by atoms with E-state index in [1.807, 2.05) is 0 Å². The number of alkyl halides is 3. The summed E-state index contributed by atoms with van der Waals surface area (Å²) in [6.07, 6.45) is -2.45. The molecule has 0 amide bonds. The van der Waals surface area contributed by atoms with Gasteiger partial charge in [0, 0.05) is 12.4 Å². The first-order valence-electron chi connectivity index (χ1n) is 5.15. The Labute approximate surface area is 104 Å². The van der Waals surface area contributed by atoms with Crippen LogP contribution in [-0.2, 0) is 6.18 Å². The maximum atomic E-state index is 13.8. The van der Waals surface area contributed by atoms with Crippen molar-refractivity contribution >= 4 is 0 Å². The van der Waals surface area contributed by atoms with Crippen molar-refractivity contribution in [1.29, 1.82) is 0 Å². The highest BCUT2D eigenvalue weighted by atomic mass is 19.4. The zero-order valence-electron chi connectivity index (χ0n) is 9.59. The molecule has 19 heavy (non-hydrogen) atoms. The fourth-order valence-electron chi connectivity index (χ4n) is 1.52. The lowest BCUT2D eigenvalue weighted by atomic mass is 10.1. The lowest BCUT2D eigenvalue weighted by Gasteiger charge is -2.11. The molecule has 100 valence electrons. The first-order valence-corrected chi connectivity index (χ1v) is 5.15. The number of rotatable bonds is 1. The minimum atomic E-state index is -5.12. The minimum absolute atomic E-state index is 0.228. The fraction of sp³-hybridized carbons (Fsp3) is 0.167. The average Bonchev–Trinajstić information content (AvgIpc) is 2.29. The Bertz CT molecular complexity index is 605. The molecule has 0 aliphatic carbocycles. The SMILES string of the molecule is Cc1cnc(-c2ccc(F)c(C(F)(F)F)c2F)nc1. The molecule has 0 spiro atoms. The summed E-state index contributed by atoms with van der Waals surface area (Å²) >= 11 is 0. The summed E-state index contributed by atoms with van der Waals surface area (Å²) in [5.41, 5.74) is -1.76. The molecule has 0 saturated heterocycles. The van der Waals surface area contributed by atoms with Crippen LogP contribution in [0.2, 0.25) is 0 Å². The average molecular weight is 274 g/mol. The van der Waals surface area contributed by atoms with Gasteiger partial charge in [0.25, 0.3) is 0 Å². The standard InChI is InChI=1S/C12H7F5N2/c1-6-4-18-11(19-5-6)7-2-3-8(13)9(10(7)14)12(15,16)17/h2-5H,1H3. The summed E-state index contributed by atoms with van der Waals surface area (Å²) in [4.78, 5) is 7.44. The van der Waals surface area contributed by atoms with Crippen molar-refractivity contribution in [2.45, 2.75) is 13.1 Å². The number of aromatic nitrogens is 2. The van der Waals surface area contributed by atoms with Gasteiger partial charge in [0.15, 0.2) is 5.82 Å². The Morgan fingerprint density at radius 3 is 2.11 bits per heavy atom. The van der Waals surface area contributed by atoms with Crippen LogP contribution >= 0.6 is 0 Å². The number of hydrogen-bond acceptors (Lipinski definition) is 2. The van der Waals surface area contributed by atoms with Crippen LogP contribution in [0.25, 0.3) is 11.4 Å². The van der Waals surface area contributed by atoms with Gasteiger partial charge in [0.05, 0.1) is 5.56 Å². The van der Waals surface area contributed by atoms with E-state index in [0.29, 0.717) is 11.6 Å². The van der Waals surface area contributed by atoms with Gasteiger partial charge in [0.1, 0.15) is 17.2 Å². The second kappa shape index (κ2) is 4.56. The predicted octanol–water partition coefficient (Wildman–Crippen LogP) is 3.75. The smallest absolute Gasteiger partial charge is 0.236 e. The number of halogens is 5. The number of hydrogen-bond donors (Lipinski definition) is 0. The lowest BCUT2D eigenvalue weighted by Crippen LogP contribution is -2.12. The highest BCUT2D eigenvalue weighted by Crippen LogP contribution is 2.36. The van der Waals surface area contributed by atoms with E-state index >= 15 is 0 Å². The Morgan fingerprint density at radius 1 is 1.00 bits per heavy atom. The largest absolute Gasteiger partial charge is 0.422 e. The summed E-state index contributed by atoms with van der Waals surface area (Å²) in [5.74, 6) is -3.61. The molecule has 0 unspecified atom stereocenters. The van der Waals surface area contributed by atoms with Gasteiger partial charge < -0.3 is 0 Å². The van der Waals surface area contributed by atoms with E-state index < -0.39 is 28.9 Å². The van der Waals surface area contributed by atoms with E-state index in [1.165, 1.54) is 12.4 Å². The van der Waals surface area contributed by atoms with E-state index in [1.54, 1.807) is 6.92 Å². The minimum Gasteiger partial charge on any atom is -0.236 e. The third kappa shape index (κ3) is 2.54. The van der Waals surface area contributed by atoms with Crippen LogP contribution in [0.4, 0.5) is 22.0 Å². The Hall–Kier alpha value is -2.05. The first kappa shape index (κ1) is 13.4. The zero-order valence-corrected chi connectivity index (χ0v) is 9.59. The molecule has 0 atom stereocenters. The molecule has 0 aliphatic rings. The van der Waals surface area contributed by atoms with Crippen LogP contribution in [-0.4, -0.2) is 9.97 Å². The van der Waals surface area contributed by atoms with Crippen LogP contribution in [0, 0.1) is 18.6 Å². The van der Waals surface area contributed by atoms with Crippen LogP contribution in [0.15, 0.2) is 24.5 Å². The Balaban J connectivity index is 2.63. The maximum Gasteiger partial charge on any atom is 0.422 e. The number of benzene rings is 1. The highest BCUT2D eigenvalue weighted by molar-refractivity contribution is 5.57. The summed E-state index contributed by atoms with van der Waals surface area (Å²) in [7, 11) is 0. The van der Waals surface area contributed by atoms with Crippen molar-refractivity contribution < 1.29 is 22.0 Å². The van der Waals surface area contributed by atoms with Gasteiger partial charge in [-0.2, -0.15) is 13.2 Å². The molecule has 7 heteroatoms. The van der Waals surface area contributed by atoms with Crippen molar-refractivity contribution in [2.75, 3.05) is 0 Å². The first-order chi connectivity index (χ1) is 8.80.